The molecule has 1 aliphatic heterocycles. The zero-order valence-corrected chi connectivity index (χ0v) is 17.2. The van der Waals surface area contributed by atoms with Gasteiger partial charge in [0.1, 0.15) is 0 Å². The molecule has 2 aromatic carbocycles. The summed E-state index contributed by atoms with van der Waals surface area (Å²) >= 11 is 0. The second kappa shape index (κ2) is 9.41. The molecule has 2 unspecified atom stereocenters. The number of hydrogen-bond acceptors (Lipinski definition) is 5. The van der Waals surface area contributed by atoms with Gasteiger partial charge in [0, 0.05) is 6.54 Å². The Kier molecular flexibility index (Phi) is 6.45. The third kappa shape index (κ3) is 4.71. The largest absolute Gasteiger partial charge is 0.465 e. The van der Waals surface area contributed by atoms with E-state index in [2.05, 4.69) is 28.8 Å². The van der Waals surface area contributed by atoms with Crippen LogP contribution in [0, 0.1) is 0 Å². The number of nitrogens with one attached hydrogen (secondary N) is 2. The molecule has 6 nitrogen and oxygen atoms in total. The highest BCUT2D eigenvalue weighted by molar-refractivity contribution is 5.89. The van der Waals surface area contributed by atoms with Crippen LogP contribution < -0.4 is 10.6 Å². The first kappa shape index (κ1) is 20.6. The van der Waals surface area contributed by atoms with Gasteiger partial charge in [-0.1, -0.05) is 36.4 Å². The van der Waals surface area contributed by atoms with E-state index in [1.54, 1.807) is 12.1 Å². The first-order valence-electron chi connectivity index (χ1n) is 10.5. The van der Waals surface area contributed by atoms with Gasteiger partial charge in [0.05, 0.1) is 37.5 Å². The van der Waals surface area contributed by atoms with Gasteiger partial charge >= 0.3 is 5.97 Å². The molecular weight excluding hydrogens is 380 g/mol. The molecule has 2 aliphatic rings. The number of rotatable bonds is 6. The van der Waals surface area contributed by atoms with Gasteiger partial charge in [0.2, 0.25) is 5.91 Å². The Balaban J connectivity index is 1.26. The van der Waals surface area contributed by atoms with Crippen LogP contribution in [0.4, 0.5) is 0 Å². The number of ether oxygens (including phenoxy) is 2. The van der Waals surface area contributed by atoms with Crippen molar-refractivity contribution in [2.24, 2.45) is 0 Å². The summed E-state index contributed by atoms with van der Waals surface area (Å²) in [4.78, 5) is 24.3. The number of methoxy groups -OCH3 is 1. The molecule has 1 fully saturated rings. The molecule has 1 heterocycles. The molecule has 2 aromatic rings. The average Bonchev–Trinajstić information content (AvgIpc) is 3.27. The number of amides is 1. The topological polar surface area (TPSA) is 76.7 Å². The van der Waals surface area contributed by atoms with Crippen molar-refractivity contribution in [3.63, 3.8) is 0 Å². The van der Waals surface area contributed by atoms with E-state index in [9.17, 15) is 9.59 Å². The summed E-state index contributed by atoms with van der Waals surface area (Å²) in [7, 11) is 1.37. The minimum atomic E-state index is -0.350. The number of fused-ring (bicyclic) bond motifs is 1. The molecule has 30 heavy (non-hydrogen) atoms. The zero-order valence-electron chi connectivity index (χ0n) is 17.2. The quantitative estimate of drug-likeness (QED) is 0.719. The third-order valence-electron chi connectivity index (χ3n) is 5.95. The second-order valence-electron chi connectivity index (χ2n) is 7.97. The predicted molar refractivity (Wildman–Crippen MR) is 113 cm³/mol. The van der Waals surface area contributed by atoms with E-state index < -0.39 is 0 Å². The number of carbonyl (C=O) groups excluding carboxylic acids is 2. The number of esters is 1. The fourth-order valence-corrected chi connectivity index (χ4v) is 4.28. The van der Waals surface area contributed by atoms with Crippen LogP contribution >= 0.6 is 0 Å². The standard InChI is InChI=1S/C24H28N2O4/c1-29-24(28)18-11-9-16(10-12-18)15-30-19-13-22(25-14-19)23(27)26-21-8-4-6-17-5-2-3-7-20(17)21/h2-3,5,7,9-12,19,21-22,25H,4,6,8,13-15H2,1H3,(H,26,27)/t19?,21?,22-/m0/s1. The molecule has 2 N–H and O–H groups in total. The van der Waals surface area contributed by atoms with Crippen molar-refractivity contribution in [1.29, 1.82) is 0 Å². The summed E-state index contributed by atoms with van der Waals surface area (Å²) in [5.41, 5.74) is 4.09. The summed E-state index contributed by atoms with van der Waals surface area (Å²) in [5, 5.41) is 6.52. The van der Waals surface area contributed by atoms with E-state index >= 15 is 0 Å². The van der Waals surface area contributed by atoms with Crippen molar-refractivity contribution >= 4 is 11.9 Å². The van der Waals surface area contributed by atoms with E-state index in [4.69, 9.17) is 9.47 Å². The lowest BCUT2D eigenvalue weighted by molar-refractivity contribution is -0.123. The van der Waals surface area contributed by atoms with Gasteiger partial charge in [-0.05, 0) is 54.5 Å². The molecule has 1 amide bonds. The molecule has 1 aliphatic carbocycles. The van der Waals surface area contributed by atoms with Crippen molar-refractivity contribution < 1.29 is 19.1 Å². The van der Waals surface area contributed by atoms with Crippen molar-refractivity contribution in [2.45, 2.75) is 50.5 Å². The smallest absolute Gasteiger partial charge is 0.337 e. The lowest BCUT2D eigenvalue weighted by Gasteiger charge is -2.27. The first-order valence-corrected chi connectivity index (χ1v) is 10.5. The Hall–Kier alpha value is -2.70. The van der Waals surface area contributed by atoms with Gasteiger partial charge in [-0.3, -0.25) is 4.79 Å². The maximum Gasteiger partial charge on any atom is 0.337 e. The minimum absolute atomic E-state index is 0.0142. The number of benzene rings is 2. The highest BCUT2D eigenvalue weighted by atomic mass is 16.5. The molecule has 0 bridgehead atoms. The molecule has 0 saturated carbocycles. The fraction of sp³-hybridized carbons (Fsp3) is 0.417. The van der Waals surface area contributed by atoms with Gasteiger partial charge in [-0.25, -0.2) is 4.79 Å². The number of aryl methyl sites for hydroxylation is 1. The Morgan fingerprint density at radius 3 is 2.73 bits per heavy atom. The Bertz CT molecular complexity index is 896. The van der Waals surface area contributed by atoms with Crippen LogP contribution in [0.3, 0.4) is 0 Å². The first-order chi connectivity index (χ1) is 14.6. The molecular formula is C24H28N2O4. The zero-order chi connectivity index (χ0) is 20.9. The minimum Gasteiger partial charge on any atom is -0.465 e. The van der Waals surface area contributed by atoms with Crippen LogP contribution in [0.15, 0.2) is 48.5 Å². The van der Waals surface area contributed by atoms with Crippen LogP contribution in [0.5, 0.6) is 0 Å². The van der Waals surface area contributed by atoms with Gasteiger partial charge in [0.25, 0.3) is 0 Å². The van der Waals surface area contributed by atoms with Crippen molar-refractivity contribution in [1.82, 2.24) is 10.6 Å². The lowest BCUT2D eigenvalue weighted by Crippen LogP contribution is -2.42. The van der Waals surface area contributed by atoms with Crippen molar-refractivity contribution in [2.75, 3.05) is 13.7 Å². The van der Waals surface area contributed by atoms with Crippen LogP contribution in [0.1, 0.15) is 52.4 Å². The summed E-state index contributed by atoms with van der Waals surface area (Å²) in [6, 6.07) is 15.4. The molecule has 0 aromatic heterocycles. The summed E-state index contributed by atoms with van der Waals surface area (Å²) < 4.78 is 10.7. The van der Waals surface area contributed by atoms with Crippen molar-refractivity contribution in [3.05, 3.63) is 70.8 Å². The third-order valence-corrected chi connectivity index (χ3v) is 5.95. The molecule has 6 heteroatoms. The summed E-state index contributed by atoms with van der Waals surface area (Å²) in [6.07, 6.45) is 3.80. The monoisotopic (exact) mass is 408 g/mol. The van der Waals surface area contributed by atoms with Crippen LogP contribution in [0.2, 0.25) is 0 Å². The Morgan fingerprint density at radius 1 is 1.13 bits per heavy atom. The van der Waals surface area contributed by atoms with Gasteiger partial charge in [0.15, 0.2) is 0 Å². The SMILES string of the molecule is COC(=O)c1ccc(COC2CN[C@H](C(=O)NC3CCCc4ccccc43)C2)cc1. The maximum atomic E-state index is 12.8. The number of carbonyl (C=O) groups is 2. The Labute approximate surface area is 177 Å². The van der Waals surface area contributed by atoms with E-state index in [1.165, 1.54) is 18.2 Å². The highest BCUT2D eigenvalue weighted by Crippen LogP contribution is 2.29. The molecule has 158 valence electrons. The van der Waals surface area contributed by atoms with E-state index in [0.29, 0.717) is 25.1 Å². The van der Waals surface area contributed by atoms with Gasteiger partial charge < -0.3 is 20.1 Å². The molecule has 3 atom stereocenters. The predicted octanol–water partition coefficient (Wildman–Crippen LogP) is 2.91. The summed E-state index contributed by atoms with van der Waals surface area (Å²) in [6.45, 7) is 1.09. The van der Waals surface area contributed by atoms with Crippen LogP contribution in [0.25, 0.3) is 0 Å². The summed E-state index contributed by atoms with van der Waals surface area (Å²) in [5.74, 6) is -0.304. The van der Waals surface area contributed by atoms with E-state index in [1.807, 2.05) is 18.2 Å². The van der Waals surface area contributed by atoms with E-state index in [0.717, 1.165) is 24.8 Å². The van der Waals surface area contributed by atoms with Gasteiger partial charge in [-0.2, -0.15) is 0 Å². The normalized spacial score (nSPS) is 22.9. The molecule has 0 spiro atoms. The lowest BCUT2D eigenvalue weighted by atomic mass is 9.87. The molecule has 1 saturated heterocycles. The molecule has 0 radical (unpaired) electrons. The molecule has 4 rings (SSSR count). The van der Waals surface area contributed by atoms with E-state index in [-0.39, 0.29) is 30.1 Å². The van der Waals surface area contributed by atoms with Crippen LogP contribution in [-0.4, -0.2) is 37.7 Å². The highest BCUT2D eigenvalue weighted by Gasteiger charge is 2.32. The van der Waals surface area contributed by atoms with Gasteiger partial charge in [-0.15, -0.1) is 0 Å². The van der Waals surface area contributed by atoms with Crippen molar-refractivity contribution in [3.8, 4) is 0 Å². The second-order valence-corrected chi connectivity index (χ2v) is 7.97. The Morgan fingerprint density at radius 2 is 1.93 bits per heavy atom. The number of hydrogen-bond donors (Lipinski definition) is 2. The maximum absolute atomic E-state index is 12.8. The average molecular weight is 408 g/mol. The fourth-order valence-electron chi connectivity index (χ4n) is 4.28. The van der Waals surface area contributed by atoms with Crippen LogP contribution in [-0.2, 0) is 27.3 Å².